The molecule has 3 unspecified atom stereocenters. The van der Waals surface area contributed by atoms with E-state index in [0.717, 1.165) is 44.7 Å². The first kappa shape index (κ1) is 11.4. The Kier molecular flexibility index (Phi) is 3.33. The number of hydrogen-bond acceptors (Lipinski definition) is 3. The van der Waals surface area contributed by atoms with Crippen molar-refractivity contribution in [2.75, 3.05) is 32.8 Å². The quantitative estimate of drug-likeness (QED) is 0.761. The summed E-state index contributed by atoms with van der Waals surface area (Å²) in [6, 6.07) is 0.726. The molecular formula is C12H24N2O. The van der Waals surface area contributed by atoms with Crippen molar-refractivity contribution in [1.82, 2.24) is 4.90 Å². The third kappa shape index (κ3) is 2.35. The first-order valence-corrected chi connectivity index (χ1v) is 6.17. The summed E-state index contributed by atoms with van der Waals surface area (Å²) in [5, 5.41) is 0. The molecule has 0 bridgehead atoms. The highest BCUT2D eigenvalue weighted by Gasteiger charge is 2.38. The molecule has 2 fully saturated rings. The normalized spacial score (nSPS) is 42.6. The van der Waals surface area contributed by atoms with E-state index in [9.17, 15) is 0 Å². The van der Waals surface area contributed by atoms with E-state index >= 15 is 0 Å². The second kappa shape index (κ2) is 4.40. The van der Waals surface area contributed by atoms with Crippen LogP contribution in [-0.4, -0.2) is 43.8 Å². The van der Waals surface area contributed by atoms with Crippen LogP contribution in [0.2, 0.25) is 0 Å². The van der Waals surface area contributed by atoms with Crippen LogP contribution in [-0.2, 0) is 4.74 Å². The first-order valence-electron chi connectivity index (χ1n) is 6.17. The zero-order valence-electron chi connectivity index (χ0n) is 10.0. The summed E-state index contributed by atoms with van der Waals surface area (Å²) in [5.41, 5.74) is 6.17. The molecule has 3 heteroatoms. The van der Waals surface area contributed by atoms with E-state index in [1.54, 1.807) is 0 Å². The van der Waals surface area contributed by atoms with Crippen molar-refractivity contribution in [2.24, 2.45) is 17.1 Å². The molecule has 2 rings (SSSR count). The van der Waals surface area contributed by atoms with Gasteiger partial charge in [0.15, 0.2) is 0 Å². The van der Waals surface area contributed by atoms with Gasteiger partial charge in [-0.15, -0.1) is 0 Å². The minimum absolute atomic E-state index is 0.248. The molecule has 3 nitrogen and oxygen atoms in total. The van der Waals surface area contributed by atoms with E-state index in [4.69, 9.17) is 10.5 Å². The molecular weight excluding hydrogens is 188 g/mol. The molecule has 0 aromatic rings. The fourth-order valence-corrected chi connectivity index (χ4v) is 3.04. The van der Waals surface area contributed by atoms with Gasteiger partial charge in [-0.3, -0.25) is 4.90 Å². The number of ether oxygens (including phenoxy) is 1. The molecule has 0 saturated carbocycles. The highest BCUT2D eigenvalue weighted by atomic mass is 16.5. The van der Waals surface area contributed by atoms with Gasteiger partial charge in [-0.2, -0.15) is 0 Å². The average molecular weight is 212 g/mol. The predicted octanol–water partition coefficient (Wildman–Crippen LogP) is 1.08. The molecule has 0 aromatic carbocycles. The summed E-state index contributed by atoms with van der Waals surface area (Å²) in [6.07, 6.45) is 2.47. The Labute approximate surface area is 93.0 Å². The first-order chi connectivity index (χ1) is 7.15. The largest absolute Gasteiger partial charge is 0.381 e. The van der Waals surface area contributed by atoms with Crippen LogP contribution in [0.25, 0.3) is 0 Å². The van der Waals surface area contributed by atoms with Crippen LogP contribution in [0.3, 0.4) is 0 Å². The summed E-state index contributed by atoms with van der Waals surface area (Å²) in [7, 11) is 0. The zero-order chi connectivity index (χ0) is 10.9. The van der Waals surface area contributed by atoms with Gasteiger partial charge in [0, 0.05) is 37.7 Å². The SMILES string of the molecule is CC1CC(C)N(CC2(CN)CCOC2)C1. The van der Waals surface area contributed by atoms with E-state index in [-0.39, 0.29) is 5.41 Å². The number of likely N-dealkylation sites (tertiary alicyclic amines) is 1. The molecule has 15 heavy (non-hydrogen) atoms. The van der Waals surface area contributed by atoms with Gasteiger partial charge in [-0.25, -0.2) is 0 Å². The minimum Gasteiger partial charge on any atom is -0.381 e. The maximum Gasteiger partial charge on any atom is 0.0547 e. The molecule has 0 radical (unpaired) electrons. The van der Waals surface area contributed by atoms with E-state index in [1.807, 2.05) is 0 Å². The van der Waals surface area contributed by atoms with Crippen LogP contribution in [0, 0.1) is 11.3 Å². The molecule has 2 heterocycles. The molecule has 0 amide bonds. The maximum absolute atomic E-state index is 5.92. The lowest BCUT2D eigenvalue weighted by atomic mass is 9.86. The summed E-state index contributed by atoms with van der Waals surface area (Å²) in [4.78, 5) is 2.60. The minimum atomic E-state index is 0.248. The number of hydrogen-bond donors (Lipinski definition) is 1. The Balaban J connectivity index is 1.95. The molecule has 2 aliphatic rings. The van der Waals surface area contributed by atoms with Crippen LogP contribution in [0.15, 0.2) is 0 Å². The van der Waals surface area contributed by atoms with Crippen LogP contribution in [0.4, 0.5) is 0 Å². The zero-order valence-corrected chi connectivity index (χ0v) is 10.0. The van der Waals surface area contributed by atoms with E-state index in [0.29, 0.717) is 0 Å². The smallest absolute Gasteiger partial charge is 0.0547 e. The van der Waals surface area contributed by atoms with Crippen LogP contribution in [0.5, 0.6) is 0 Å². The highest BCUT2D eigenvalue weighted by Crippen LogP contribution is 2.32. The number of nitrogens with two attached hydrogens (primary N) is 1. The van der Waals surface area contributed by atoms with Gasteiger partial charge in [0.1, 0.15) is 0 Å². The van der Waals surface area contributed by atoms with Crippen molar-refractivity contribution < 1.29 is 4.74 Å². The van der Waals surface area contributed by atoms with Gasteiger partial charge in [0.2, 0.25) is 0 Å². The summed E-state index contributed by atoms with van der Waals surface area (Å²) in [6.45, 7) is 9.58. The lowest BCUT2D eigenvalue weighted by molar-refractivity contribution is 0.111. The van der Waals surface area contributed by atoms with Gasteiger partial charge in [-0.1, -0.05) is 6.92 Å². The van der Waals surface area contributed by atoms with Crippen molar-refractivity contribution in [2.45, 2.75) is 32.7 Å². The topological polar surface area (TPSA) is 38.5 Å². The van der Waals surface area contributed by atoms with Gasteiger partial charge < -0.3 is 10.5 Å². The highest BCUT2D eigenvalue weighted by molar-refractivity contribution is 4.91. The molecule has 2 aliphatic heterocycles. The van der Waals surface area contributed by atoms with Crippen molar-refractivity contribution >= 4 is 0 Å². The monoisotopic (exact) mass is 212 g/mol. The lowest BCUT2D eigenvalue weighted by Gasteiger charge is -2.33. The third-order valence-corrected chi connectivity index (χ3v) is 4.07. The molecule has 2 N–H and O–H groups in total. The number of rotatable bonds is 3. The van der Waals surface area contributed by atoms with Crippen molar-refractivity contribution in [1.29, 1.82) is 0 Å². The predicted molar refractivity (Wildman–Crippen MR) is 61.7 cm³/mol. The Bertz CT molecular complexity index is 214. The van der Waals surface area contributed by atoms with Gasteiger partial charge in [-0.05, 0) is 25.7 Å². The van der Waals surface area contributed by atoms with E-state index < -0.39 is 0 Å². The Morgan fingerprint density at radius 2 is 2.27 bits per heavy atom. The van der Waals surface area contributed by atoms with Crippen molar-refractivity contribution in [3.63, 3.8) is 0 Å². The van der Waals surface area contributed by atoms with Gasteiger partial charge in [0.25, 0.3) is 0 Å². The van der Waals surface area contributed by atoms with Gasteiger partial charge >= 0.3 is 0 Å². The summed E-state index contributed by atoms with van der Waals surface area (Å²) in [5.74, 6) is 0.845. The fourth-order valence-electron chi connectivity index (χ4n) is 3.04. The molecule has 2 saturated heterocycles. The average Bonchev–Trinajstić information content (AvgIpc) is 2.76. The second-order valence-corrected chi connectivity index (χ2v) is 5.63. The lowest BCUT2D eigenvalue weighted by Crippen LogP contribution is -2.44. The third-order valence-electron chi connectivity index (χ3n) is 4.07. The molecule has 3 atom stereocenters. The maximum atomic E-state index is 5.92. The number of nitrogens with zero attached hydrogens (tertiary/aromatic N) is 1. The Morgan fingerprint density at radius 3 is 2.73 bits per heavy atom. The van der Waals surface area contributed by atoms with Crippen LogP contribution in [0.1, 0.15) is 26.7 Å². The Morgan fingerprint density at radius 1 is 1.47 bits per heavy atom. The van der Waals surface area contributed by atoms with E-state index in [1.165, 1.54) is 13.0 Å². The molecule has 0 spiro atoms. The molecule has 0 aliphatic carbocycles. The molecule has 88 valence electrons. The van der Waals surface area contributed by atoms with Crippen molar-refractivity contribution in [3.8, 4) is 0 Å². The Hall–Kier alpha value is -0.120. The van der Waals surface area contributed by atoms with Gasteiger partial charge in [0.05, 0.1) is 6.61 Å². The standard InChI is InChI=1S/C12H24N2O/c1-10-5-11(2)14(6-10)8-12(7-13)3-4-15-9-12/h10-11H,3-9,13H2,1-2H3. The van der Waals surface area contributed by atoms with Crippen LogP contribution < -0.4 is 5.73 Å². The van der Waals surface area contributed by atoms with Crippen molar-refractivity contribution in [3.05, 3.63) is 0 Å². The van der Waals surface area contributed by atoms with Crippen LogP contribution >= 0.6 is 0 Å². The second-order valence-electron chi connectivity index (χ2n) is 5.63. The summed E-state index contributed by atoms with van der Waals surface area (Å²) < 4.78 is 5.52. The molecule has 0 aromatic heterocycles. The summed E-state index contributed by atoms with van der Waals surface area (Å²) >= 11 is 0. The van der Waals surface area contributed by atoms with E-state index in [2.05, 4.69) is 18.7 Å². The fraction of sp³-hybridized carbons (Fsp3) is 1.00.